The predicted octanol–water partition coefficient (Wildman–Crippen LogP) is 4.25. The van der Waals surface area contributed by atoms with Crippen molar-refractivity contribution < 1.29 is 32.6 Å². The highest BCUT2D eigenvalue weighted by molar-refractivity contribution is 5.87. The van der Waals surface area contributed by atoms with Crippen molar-refractivity contribution in [2.24, 2.45) is 0 Å². The van der Waals surface area contributed by atoms with Crippen LogP contribution in [0.25, 0.3) is 22.7 Å². The van der Waals surface area contributed by atoms with Gasteiger partial charge in [-0.1, -0.05) is 12.1 Å². The Balaban J connectivity index is 1.51. The average molecular weight is 546 g/mol. The number of nitrogens with zero attached hydrogens (tertiary/aromatic N) is 5. The largest absolute Gasteiger partial charge is 0.470 e. The number of hydrogen-bond donors (Lipinski definition) is 0. The Bertz CT molecular complexity index is 1500. The third-order valence-corrected chi connectivity index (χ3v) is 6.09. The number of ether oxygens (including phenoxy) is 4. The molecular formula is C28H27N5O7. The monoisotopic (exact) mass is 545 g/mol. The quantitative estimate of drug-likeness (QED) is 0.262. The van der Waals surface area contributed by atoms with Crippen molar-refractivity contribution in [3.63, 3.8) is 0 Å². The molecule has 1 saturated heterocycles. The summed E-state index contributed by atoms with van der Waals surface area (Å²) < 4.78 is 32.8. The summed E-state index contributed by atoms with van der Waals surface area (Å²) in [5, 5.41) is 10.1. The normalized spacial score (nSPS) is 13.1. The summed E-state index contributed by atoms with van der Waals surface area (Å²) in [4.78, 5) is 27.5. The Morgan fingerprint density at radius 2 is 1.90 bits per heavy atom. The van der Waals surface area contributed by atoms with Gasteiger partial charge >= 0.3 is 11.9 Å². The number of nitriles is 1. The minimum Gasteiger partial charge on any atom is -0.470 e. The van der Waals surface area contributed by atoms with Crippen LogP contribution in [0.15, 0.2) is 51.8 Å². The van der Waals surface area contributed by atoms with Crippen molar-refractivity contribution in [3.05, 3.63) is 59.9 Å². The highest BCUT2D eigenvalue weighted by Crippen LogP contribution is 2.35. The number of oxazole rings is 2. The number of benzene rings is 1. The topological polar surface area (TPSA) is 146 Å². The number of aromatic nitrogens is 3. The van der Waals surface area contributed by atoms with Crippen molar-refractivity contribution >= 4 is 11.7 Å². The number of hydrogen-bond acceptors (Lipinski definition) is 12. The van der Waals surface area contributed by atoms with E-state index >= 15 is 0 Å². The number of morpholine rings is 1. The van der Waals surface area contributed by atoms with Crippen LogP contribution in [0.4, 0.5) is 5.69 Å². The van der Waals surface area contributed by atoms with Crippen LogP contribution < -0.4 is 14.4 Å². The molecule has 12 heteroatoms. The second kappa shape index (κ2) is 12.3. The molecule has 0 saturated carbocycles. The lowest BCUT2D eigenvalue weighted by Gasteiger charge is -2.28. The molecule has 0 radical (unpaired) electrons. The Kier molecular flexibility index (Phi) is 8.22. The van der Waals surface area contributed by atoms with E-state index in [0.29, 0.717) is 31.1 Å². The molecule has 4 aromatic rings. The molecule has 12 nitrogen and oxygen atoms in total. The average Bonchev–Trinajstić information content (AvgIpc) is 3.66. The molecule has 4 heterocycles. The summed E-state index contributed by atoms with van der Waals surface area (Å²) in [6.45, 7) is 6.90. The van der Waals surface area contributed by atoms with Crippen LogP contribution in [0.3, 0.4) is 0 Å². The lowest BCUT2D eigenvalue weighted by atomic mass is 10.0. The molecular weight excluding hydrogens is 518 g/mol. The molecule has 1 aliphatic heterocycles. The molecule has 0 amide bonds. The second-order valence-electron chi connectivity index (χ2n) is 8.55. The number of pyridine rings is 1. The van der Waals surface area contributed by atoms with E-state index in [1.807, 2.05) is 31.2 Å². The predicted molar refractivity (Wildman–Crippen MR) is 141 cm³/mol. The number of carbonyl (C=O) groups is 1. The van der Waals surface area contributed by atoms with Crippen molar-refractivity contribution in [2.75, 3.05) is 44.4 Å². The molecule has 206 valence electrons. The van der Waals surface area contributed by atoms with E-state index in [9.17, 15) is 10.1 Å². The summed E-state index contributed by atoms with van der Waals surface area (Å²) in [6, 6.07) is 11.8. The molecule has 0 aliphatic carbocycles. The van der Waals surface area contributed by atoms with E-state index in [1.165, 1.54) is 6.20 Å². The van der Waals surface area contributed by atoms with Crippen molar-refractivity contribution in [1.82, 2.24) is 15.0 Å². The van der Waals surface area contributed by atoms with Crippen LogP contribution >= 0.6 is 0 Å². The maximum Gasteiger partial charge on any atom is 0.376 e. The maximum absolute atomic E-state index is 12.2. The van der Waals surface area contributed by atoms with E-state index in [-0.39, 0.29) is 47.9 Å². The molecule has 5 rings (SSSR count). The lowest BCUT2D eigenvalue weighted by molar-refractivity contribution is 0.0486. The Morgan fingerprint density at radius 1 is 1.10 bits per heavy atom. The highest BCUT2D eigenvalue weighted by atomic mass is 16.6. The zero-order chi connectivity index (χ0) is 27.9. The summed E-state index contributed by atoms with van der Waals surface area (Å²) >= 11 is 0. The summed E-state index contributed by atoms with van der Waals surface area (Å²) in [5.74, 6) is -0.332. The van der Waals surface area contributed by atoms with Crippen LogP contribution in [0, 0.1) is 11.3 Å². The van der Waals surface area contributed by atoms with Gasteiger partial charge in [0.1, 0.15) is 30.1 Å². The van der Waals surface area contributed by atoms with E-state index < -0.39 is 5.97 Å². The van der Waals surface area contributed by atoms with Gasteiger partial charge < -0.3 is 32.7 Å². The SMILES string of the molecule is CCOC(=O)c1ocnc1COc1nc(-c2ccc(N3CCOCC3)cc2)cc(-c2ncc(OCC)o2)c1C#N. The van der Waals surface area contributed by atoms with E-state index in [4.69, 9.17) is 27.8 Å². The number of anilines is 1. The van der Waals surface area contributed by atoms with Gasteiger partial charge in [-0.2, -0.15) is 5.26 Å². The third kappa shape index (κ3) is 5.74. The van der Waals surface area contributed by atoms with Crippen LogP contribution in [0.5, 0.6) is 11.8 Å². The van der Waals surface area contributed by atoms with Crippen molar-refractivity contribution in [1.29, 1.82) is 5.26 Å². The standard InChI is InChI=1S/C28H27N5O7/c1-3-36-24-15-30-26(40-24)20-13-22(18-5-7-19(8-6-18)33-9-11-35-12-10-33)32-27(21(20)14-29)38-16-23-25(39-17-31-23)28(34)37-4-2/h5-8,13,15,17H,3-4,9-12,16H2,1-2H3. The van der Waals surface area contributed by atoms with Crippen molar-refractivity contribution in [3.8, 4) is 40.6 Å². The molecule has 1 aromatic carbocycles. The second-order valence-corrected chi connectivity index (χ2v) is 8.55. The molecule has 3 aromatic heterocycles. The number of carbonyl (C=O) groups excluding carboxylic acids is 1. The van der Waals surface area contributed by atoms with E-state index in [2.05, 4.69) is 25.9 Å². The molecule has 0 N–H and O–H groups in total. The zero-order valence-corrected chi connectivity index (χ0v) is 22.1. The van der Waals surface area contributed by atoms with Gasteiger partial charge in [-0.15, -0.1) is 0 Å². The molecule has 0 spiro atoms. The van der Waals surface area contributed by atoms with Gasteiger partial charge in [-0.3, -0.25) is 0 Å². The first-order valence-corrected chi connectivity index (χ1v) is 12.8. The molecule has 1 aliphatic rings. The van der Waals surface area contributed by atoms with Gasteiger partial charge in [0.05, 0.1) is 37.7 Å². The van der Waals surface area contributed by atoms with Crippen LogP contribution in [0.1, 0.15) is 35.7 Å². The highest BCUT2D eigenvalue weighted by Gasteiger charge is 2.23. The molecule has 0 atom stereocenters. The molecule has 40 heavy (non-hydrogen) atoms. The summed E-state index contributed by atoms with van der Waals surface area (Å²) in [6.07, 6.45) is 2.57. The smallest absolute Gasteiger partial charge is 0.376 e. The van der Waals surface area contributed by atoms with Crippen molar-refractivity contribution in [2.45, 2.75) is 20.5 Å². The molecule has 1 fully saturated rings. The van der Waals surface area contributed by atoms with E-state index in [1.54, 1.807) is 13.0 Å². The fourth-order valence-corrected chi connectivity index (χ4v) is 4.18. The molecule has 0 unspecified atom stereocenters. The first kappa shape index (κ1) is 26.7. The van der Waals surface area contributed by atoms with Crippen LogP contribution in [0.2, 0.25) is 0 Å². The van der Waals surface area contributed by atoms with Gasteiger partial charge in [0.25, 0.3) is 0 Å². The van der Waals surface area contributed by atoms with Gasteiger partial charge in [-0.05, 0) is 32.0 Å². The lowest BCUT2D eigenvalue weighted by Crippen LogP contribution is -2.36. The minimum atomic E-state index is -0.662. The number of esters is 1. The first-order valence-electron chi connectivity index (χ1n) is 12.8. The maximum atomic E-state index is 12.2. The van der Waals surface area contributed by atoms with E-state index in [0.717, 1.165) is 30.7 Å². The van der Waals surface area contributed by atoms with Crippen LogP contribution in [-0.2, 0) is 16.1 Å². The minimum absolute atomic E-state index is 0.0150. The fraction of sp³-hybridized carbons (Fsp3) is 0.321. The van der Waals surface area contributed by atoms with Gasteiger partial charge in [0.2, 0.25) is 17.5 Å². The first-order chi connectivity index (χ1) is 19.6. The van der Waals surface area contributed by atoms with Gasteiger partial charge in [0, 0.05) is 24.3 Å². The number of rotatable bonds is 10. The molecule has 0 bridgehead atoms. The third-order valence-electron chi connectivity index (χ3n) is 6.09. The zero-order valence-electron chi connectivity index (χ0n) is 22.1. The fourth-order valence-electron chi connectivity index (χ4n) is 4.18. The Hall–Kier alpha value is -4.89. The Morgan fingerprint density at radius 3 is 2.62 bits per heavy atom. The Labute approximate surface area is 230 Å². The summed E-state index contributed by atoms with van der Waals surface area (Å²) in [7, 11) is 0. The van der Waals surface area contributed by atoms with Crippen LogP contribution in [-0.4, -0.2) is 60.4 Å². The summed E-state index contributed by atoms with van der Waals surface area (Å²) in [5.41, 5.74) is 3.07. The van der Waals surface area contributed by atoms with Gasteiger partial charge in [-0.25, -0.2) is 19.7 Å². The van der Waals surface area contributed by atoms with Gasteiger partial charge in [0.15, 0.2) is 6.39 Å².